The summed E-state index contributed by atoms with van der Waals surface area (Å²) >= 11 is 0. The van der Waals surface area contributed by atoms with Gasteiger partial charge in [-0.25, -0.2) is 0 Å². The molecule has 2 aromatic carbocycles. The molecule has 16 heteroatoms. The second-order valence-corrected chi connectivity index (χ2v) is 17.8. The Balaban J connectivity index is 1.47. The van der Waals surface area contributed by atoms with Gasteiger partial charge in [0.15, 0.2) is 5.75 Å². The van der Waals surface area contributed by atoms with Crippen molar-refractivity contribution in [2.24, 2.45) is 28.8 Å². The highest BCUT2D eigenvalue weighted by atomic mass is 16.7. The molecule has 1 aliphatic carbocycles. The molecular formula is C47H64N4O12. The van der Waals surface area contributed by atoms with Crippen molar-refractivity contribution in [3.63, 3.8) is 0 Å². The number of nitrogens with one attached hydrogen (secondary N) is 1. The minimum absolute atomic E-state index is 0.0631. The molecule has 63 heavy (non-hydrogen) atoms. The molecule has 0 spiro atoms. The Bertz CT molecular complexity index is 2190. The minimum Gasteiger partial charge on any atom is -0.507 e. The fraction of sp³-hybridized carbons (Fsp3) is 0.574. The zero-order valence-electron chi connectivity index (χ0n) is 37.8. The zero-order chi connectivity index (χ0) is 46.1. The van der Waals surface area contributed by atoms with E-state index in [4.69, 9.17) is 18.9 Å². The van der Waals surface area contributed by atoms with Crippen LogP contribution < -0.4 is 10.1 Å². The number of anilines is 1. The molecule has 7 rings (SSSR count). The molecule has 5 bridgehead atoms. The third-order valence-electron chi connectivity index (χ3n) is 13.5. The van der Waals surface area contributed by atoms with Gasteiger partial charge in [-0.05, 0) is 32.8 Å². The van der Waals surface area contributed by atoms with Gasteiger partial charge in [-0.2, -0.15) is 5.10 Å². The first-order valence-corrected chi connectivity index (χ1v) is 21.9. The van der Waals surface area contributed by atoms with E-state index in [-0.39, 0.29) is 44.5 Å². The predicted octanol–water partition coefficient (Wildman–Crippen LogP) is 5.65. The van der Waals surface area contributed by atoms with Gasteiger partial charge in [0.1, 0.15) is 23.4 Å². The van der Waals surface area contributed by atoms with Gasteiger partial charge in [0.05, 0.1) is 53.0 Å². The lowest BCUT2D eigenvalue weighted by Crippen LogP contribution is -2.47. The highest BCUT2D eigenvalue weighted by Gasteiger charge is 2.50. The van der Waals surface area contributed by atoms with Crippen LogP contribution in [0.2, 0.25) is 0 Å². The smallest absolute Gasteiger partial charge is 0.312 e. The number of amides is 1. The van der Waals surface area contributed by atoms with Crippen molar-refractivity contribution in [2.45, 2.75) is 117 Å². The average molecular weight is 877 g/mol. The molecule has 1 saturated heterocycles. The molecule has 16 nitrogen and oxygen atoms in total. The second-order valence-electron chi connectivity index (χ2n) is 17.8. The topological polar surface area (TPSA) is 220 Å². The maximum Gasteiger partial charge on any atom is 0.312 e. The SMILES string of the molecule is CO[C@H]1/C=C/O[C@@]2(C)Oc3c(C)c(O)c4c(O)c(c(/C=N/N5CCN(C6CCCC6)CC5)c(O)c4c3C2=O)NC(=O)/C(C)=C\C=C\[C@H](C)[C@H](O)[C@@H](C)C(O)[C@@H](C)[C@H](OC(C)=O)[C@@H]1C. The first kappa shape index (κ1) is 47.3. The summed E-state index contributed by atoms with van der Waals surface area (Å²) < 4.78 is 23.7. The highest BCUT2D eigenvalue weighted by Crippen LogP contribution is 2.55. The number of esters is 1. The number of allylic oxidation sites excluding steroid dienone is 2. The number of Topliss-reactive ketones (excluding diaryl/α,β-unsaturated/α-hetero) is 1. The lowest BCUT2D eigenvalue weighted by molar-refractivity contribution is -0.160. The van der Waals surface area contributed by atoms with Crippen LogP contribution >= 0.6 is 0 Å². The highest BCUT2D eigenvalue weighted by molar-refractivity contribution is 6.23. The fourth-order valence-corrected chi connectivity index (χ4v) is 9.47. The Morgan fingerprint density at radius 2 is 1.59 bits per heavy atom. The number of aliphatic hydroxyl groups is 2. The van der Waals surface area contributed by atoms with Gasteiger partial charge in [-0.1, -0.05) is 58.8 Å². The van der Waals surface area contributed by atoms with E-state index in [0.717, 1.165) is 13.1 Å². The van der Waals surface area contributed by atoms with Crippen molar-refractivity contribution in [2.75, 3.05) is 38.6 Å². The van der Waals surface area contributed by atoms with Crippen LogP contribution in [-0.4, -0.2) is 129 Å². The first-order chi connectivity index (χ1) is 29.8. The van der Waals surface area contributed by atoms with Crippen molar-refractivity contribution in [3.8, 4) is 23.0 Å². The number of carbonyl (C=O) groups excluding carboxylic acids is 3. The Labute approximate surface area is 368 Å². The Kier molecular flexibility index (Phi) is 14.5. The van der Waals surface area contributed by atoms with Gasteiger partial charge in [0, 0.05) is 93.4 Å². The molecule has 1 saturated carbocycles. The van der Waals surface area contributed by atoms with Crippen molar-refractivity contribution < 1.29 is 58.9 Å². The molecule has 9 atom stereocenters. The van der Waals surface area contributed by atoms with E-state index < -0.39 is 88.8 Å². The van der Waals surface area contributed by atoms with Gasteiger partial charge in [0.25, 0.3) is 11.7 Å². The molecule has 2 fully saturated rings. The molecular weight excluding hydrogens is 813 g/mol. The number of phenols is 3. The number of hydrogen-bond donors (Lipinski definition) is 6. The van der Waals surface area contributed by atoms with Crippen molar-refractivity contribution in [3.05, 3.63) is 52.8 Å². The second kappa shape index (κ2) is 19.3. The van der Waals surface area contributed by atoms with Gasteiger partial charge >= 0.3 is 11.8 Å². The van der Waals surface area contributed by atoms with Gasteiger partial charge in [-0.15, -0.1) is 0 Å². The number of rotatable bonds is 5. The number of piperazine rings is 1. The Morgan fingerprint density at radius 3 is 2.22 bits per heavy atom. The lowest BCUT2D eigenvalue weighted by atomic mass is 9.78. The summed E-state index contributed by atoms with van der Waals surface area (Å²) in [5.41, 5.74) is -0.293. The number of carbonyl (C=O) groups is 3. The van der Waals surface area contributed by atoms with Crippen molar-refractivity contribution in [1.82, 2.24) is 9.91 Å². The summed E-state index contributed by atoms with van der Waals surface area (Å²) in [4.78, 5) is 43.2. The quantitative estimate of drug-likeness (QED) is 0.0926. The van der Waals surface area contributed by atoms with Gasteiger partial charge < -0.3 is 49.8 Å². The van der Waals surface area contributed by atoms with Crippen LogP contribution in [0, 0.1) is 30.6 Å². The number of hydrazone groups is 1. The third-order valence-corrected chi connectivity index (χ3v) is 13.5. The number of benzene rings is 2. The largest absolute Gasteiger partial charge is 0.507 e. The number of ether oxygens (including phenoxy) is 4. The summed E-state index contributed by atoms with van der Waals surface area (Å²) in [6.07, 6.45) is 9.75. The number of fused-ring (bicyclic) bond motifs is 14. The molecule has 6 N–H and O–H groups in total. The molecule has 344 valence electrons. The van der Waals surface area contributed by atoms with Crippen LogP contribution in [0.3, 0.4) is 0 Å². The van der Waals surface area contributed by atoms with Crippen LogP contribution in [0.25, 0.3) is 10.8 Å². The number of nitrogens with zero attached hydrogens (tertiary/aromatic N) is 3. The van der Waals surface area contributed by atoms with E-state index in [1.165, 1.54) is 85.1 Å². The van der Waals surface area contributed by atoms with E-state index >= 15 is 0 Å². The summed E-state index contributed by atoms with van der Waals surface area (Å²) in [7, 11) is 1.44. The van der Waals surface area contributed by atoms with Crippen LogP contribution in [0.1, 0.15) is 95.6 Å². The van der Waals surface area contributed by atoms with Crippen molar-refractivity contribution >= 4 is 40.3 Å². The predicted molar refractivity (Wildman–Crippen MR) is 237 cm³/mol. The maximum atomic E-state index is 14.5. The van der Waals surface area contributed by atoms with E-state index in [1.54, 1.807) is 39.8 Å². The van der Waals surface area contributed by atoms with Crippen LogP contribution in [0.15, 0.2) is 41.2 Å². The molecule has 4 aliphatic heterocycles. The molecule has 1 amide bonds. The van der Waals surface area contributed by atoms with Crippen LogP contribution in [-0.2, 0) is 23.8 Å². The molecule has 4 heterocycles. The maximum absolute atomic E-state index is 14.5. The Hall–Kier alpha value is -5.16. The monoisotopic (exact) mass is 876 g/mol. The number of aliphatic hydroxyl groups excluding tert-OH is 2. The number of aromatic hydroxyl groups is 3. The summed E-state index contributed by atoms with van der Waals surface area (Å²) in [5, 5.41) is 67.6. The number of hydrogen-bond acceptors (Lipinski definition) is 15. The summed E-state index contributed by atoms with van der Waals surface area (Å²) in [5.74, 6) is -8.28. The molecule has 1 unspecified atom stereocenters. The van der Waals surface area contributed by atoms with E-state index in [1.807, 2.05) is 5.01 Å². The summed E-state index contributed by atoms with van der Waals surface area (Å²) in [6, 6.07) is 0.553. The average Bonchev–Trinajstić information content (AvgIpc) is 3.89. The van der Waals surface area contributed by atoms with E-state index in [2.05, 4.69) is 15.3 Å². The molecule has 0 aromatic heterocycles. The zero-order valence-corrected chi connectivity index (χ0v) is 37.8. The summed E-state index contributed by atoms with van der Waals surface area (Å²) in [6.45, 7) is 15.4. The lowest BCUT2D eigenvalue weighted by Gasteiger charge is -2.38. The van der Waals surface area contributed by atoms with Crippen molar-refractivity contribution in [1.29, 1.82) is 0 Å². The fourth-order valence-electron chi connectivity index (χ4n) is 9.47. The molecule has 2 aromatic rings. The van der Waals surface area contributed by atoms with E-state index in [9.17, 15) is 39.9 Å². The number of ketones is 1. The standard InChI is InChI=1S/C47H64N4O12/c1-24-13-12-14-25(2)46(59)49-37-32(23-48-51-20-18-50(19-21-51)31-15-10-11-16-31)41(56)34-35(42(37)57)40(55)29(6)44-36(34)45(58)47(8,63-44)61-22-17-33(60-9)26(3)43(62-30(7)52)28(5)39(54)27(4)38(24)53/h12-14,17,22-24,26-28,31,33,38-39,43,53-57H,10-11,15-16,18-21H2,1-9H3,(H,49,59)/b13-12+,22-17+,25-14-,48-23+/t24-,26+,27+,28+,33-,38-,39?,43+,47-/m0/s1. The normalized spacial score (nSPS) is 32.4. The Morgan fingerprint density at radius 1 is 0.921 bits per heavy atom. The third kappa shape index (κ3) is 9.40. The van der Waals surface area contributed by atoms with Crippen LogP contribution in [0.5, 0.6) is 23.0 Å². The van der Waals surface area contributed by atoms with Gasteiger partial charge in [-0.3, -0.25) is 24.3 Å². The number of phenolic OH excluding ortho intramolecular Hbond substituents is 3. The molecule has 0 radical (unpaired) electrons. The number of methoxy groups -OCH3 is 1. The first-order valence-electron chi connectivity index (χ1n) is 21.9. The van der Waals surface area contributed by atoms with E-state index in [0.29, 0.717) is 19.1 Å². The van der Waals surface area contributed by atoms with Gasteiger partial charge in [0.2, 0.25) is 0 Å². The van der Waals surface area contributed by atoms with Crippen LogP contribution in [0.4, 0.5) is 5.69 Å². The molecule has 5 aliphatic rings. The minimum atomic E-state index is -2.04.